The van der Waals surface area contributed by atoms with Crippen LogP contribution in [-0.4, -0.2) is 32.3 Å². The molecule has 0 amide bonds. The summed E-state index contributed by atoms with van der Waals surface area (Å²) in [6.07, 6.45) is 1.89. The standard InChI is InChI=1S/C25H26N4O4S/c1-2-3-11-28-21(16-34-18-9-10-19-20(14-18)33-13-12-32-19)26-23-22(28)24(30)27-25(31)29(23)15-17-7-5-4-6-8-17/h4-10,14H,2-3,11-13,15-16H2,1H3,(H,27,30,31). The van der Waals surface area contributed by atoms with Crippen molar-refractivity contribution >= 4 is 22.9 Å². The normalized spacial score (nSPS) is 12.9. The molecule has 1 aliphatic rings. The number of benzene rings is 2. The van der Waals surface area contributed by atoms with Crippen LogP contribution in [0, 0.1) is 0 Å². The summed E-state index contributed by atoms with van der Waals surface area (Å²) in [4.78, 5) is 33.9. The number of ether oxygens (including phenoxy) is 2. The molecule has 176 valence electrons. The van der Waals surface area contributed by atoms with Crippen LogP contribution < -0.4 is 20.7 Å². The average Bonchev–Trinajstić information content (AvgIpc) is 3.23. The lowest BCUT2D eigenvalue weighted by Gasteiger charge is -2.18. The number of unbranched alkanes of at least 4 members (excludes halogenated alkanes) is 1. The number of imidazole rings is 1. The molecular weight excluding hydrogens is 452 g/mol. The van der Waals surface area contributed by atoms with Crippen molar-refractivity contribution in [3.8, 4) is 11.5 Å². The summed E-state index contributed by atoms with van der Waals surface area (Å²) in [6, 6.07) is 15.6. The smallest absolute Gasteiger partial charge is 0.330 e. The Morgan fingerprint density at radius 3 is 2.62 bits per heavy atom. The Bertz CT molecular complexity index is 1420. The molecule has 0 saturated heterocycles. The fourth-order valence-corrected chi connectivity index (χ4v) is 4.93. The van der Waals surface area contributed by atoms with Gasteiger partial charge in [-0.1, -0.05) is 43.7 Å². The maximum Gasteiger partial charge on any atom is 0.330 e. The zero-order valence-electron chi connectivity index (χ0n) is 19.0. The van der Waals surface area contributed by atoms with Gasteiger partial charge in [0, 0.05) is 11.4 Å². The molecular formula is C25H26N4O4S. The van der Waals surface area contributed by atoms with Crippen molar-refractivity contribution in [3.63, 3.8) is 0 Å². The van der Waals surface area contributed by atoms with E-state index >= 15 is 0 Å². The highest BCUT2D eigenvalue weighted by Crippen LogP contribution is 2.35. The van der Waals surface area contributed by atoms with Gasteiger partial charge in [0.2, 0.25) is 0 Å². The molecule has 8 nitrogen and oxygen atoms in total. The first kappa shape index (κ1) is 22.3. The summed E-state index contributed by atoms with van der Waals surface area (Å²) < 4.78 is 14.8. The Morgan fingerprint density at radius 1 is 1.03 bits per heavy atom. The first-order chi connectivity index (χ1) is 16.6. The third-order valence-electron chi connectivity index (χ3n) is 5.76. The van der Waals surface area contributed by atoms with Gasteiger partial charge in [-0.2, -0.15) is 0 Å². The van der Waals surface area contributed by atoms with E-state index in [-0.39, 0.29) is 0 Å². The van der Waals surface area contributed by atoms with E-state index in [1.54, 1.807) is 16.3 Å². The van der Waals surface area contributed by atoms with E-state index in [1.807, 2.05) is 53.1 Å². The number of aromatic amines is 1. The maximum atomic E-state index is 12.9. The zero-order chi connectivity index (χ0) is 23.5. The summed E-state index contributed by atoms with van der Waals surface area (Å²) in [5, 5.41) is 0. The summed E-state index contributed by atoms with van der Waals surface area (Å²) in [5.41, 5.74) is 0.984. The second-order valence-corrected chi connectivity index (χ2v) is 9.18. The van der Waals surface area contributed by atoms with Gasteiger partial charge in [0.05, 0.1) is 12.3 Å². The molecule has 1 aliphatic heterocycles. The Labute approximate surface area is 200 Å². The molecule has 9 heteroatoms. The lowest BCUT2D eigenvalue weighted by atomic mass is 10.2. The quantitative estimate of drug-likeness (QED) is 0.388. The van der Waals surface area contributed by atoms with Crippen molar-refractivity contribution in [3.05, 3.63) is 80.8 Å². The van der Waals surface area contributed by atoms with Crippen molar-refractivity contribution in [2.24, 2.45) is 0 Å². The SMILES string of the molecule is CCCCn1c(CSc2ccc3c(c2)OCCO3)nc2c1c(=O)[nH]c(=O)n2Cc1ccccc1. The first-order valence-electron chi connectivity index (χ1n) is 11.4. The number of fused-ring (bicyclic) bond motifs is 2. The minimum Gasteiger partial charge on any atom is -0.486 e. The summed E-state index contributed by atoms with van der Waals surface area (Å²) >= 11 is 1.61. The monoisotopic (exact) mass is 478 g/mol. The second-order valence-electron chi connectivity index (χ2n) is 8.13. The number of nitrogens with zero attached hydrogens (tertiary/aromatic N) is 3. The maximum absolute atomic E-state index is 12.9. The van der Waals surface area contributed by atoms with Gasteiger partial charge >= 0.3 is 5.69 Å². The Balaban J connectivity index is 1.52. The van der Waals surface area contributed by atoms with Crippen LogP contribution in [0.3, 0.4) is 0 Å². The van der Waals surface area contributed by atoms with Crippen LogP contribution in [-0.2, 0) is 18.8 Å². The number of aryl methyl sites for hydroxylation is 1. The molecule has 5 rings (SSSR count). The number of thioether (sulfide) groups is 1. The molecule has 0 unspecified atom stereocenters. The fourth-order valence-electron chi connectivity index (χ4n) is 4.06. The van der Waals surface area contributed by atoms with Crippen molar-refractivity contribution in [1.82, 2.24) is 19.1 Å². The number of rotatable bonds is 8. The Kier molecular flexibility index (Phi) is 6.44. The fraction of sp³-hybridized carbons (Fsp3) is 0.320. The van der Waals surface area contributed by atoms with Gasteiger partial charge in [0.15, 0.2) is 22.7 Å². The van der Waals surface area contributed by atoms with Crippen LogP contribution in [0.1, 0.15) is 31.2 Å². The van der Waals surface area contributed by atoms with Gasteiger partial charge in [-0.3, -0.25) is 14.3 Å². The van der Waals surface area contributed by atoms with Gasteiger partial charge < -0.3 is 14.0 Å². The average molecular weight is 479 g/mol. The van der Waals surface area contributed by atoms with Gasteiger partial charge in [0.25, 0.3) is 5.56 Å². The van der Waals surface area contributed by atoms with Crippen molar-refractivity contribution in [1.29, 1.82) is 0 Å². The van der Waals surface area contributed by atoms with Gasteiger partial charge in [0.1, 0.15) is 19.0 Å². The van der Waals surface area contributed by atoms with Crippen LogP contribution in [0.2, 0.25) is 0 Å². The predicted molar refractivity (Wildman–Crippen MR) is 132 cm³/mol. The molecule has 0 saturated carbocycles. The predicted octanol–water partition coefficient (Wildman–Crippen LogP) is 3.80. The summed E-state index contributed by atoms with van der Waals surface area (Å²) in [7, 11) is 0. The summed E-state index contributed by atoms with van der Waals surface area (Å²) in [5.74, 6) is 2.81. The molecule has 0 spiro atoms. The number of H-pyrrole nitrogens is 1. The molecule has 0 aliphatic carbocycles. The molecule has 2 aromatic heterocycles. The van der Waals surface area contributed by atoms with E-state index in [0.29, 0.717) is 43.2 Å². The summed E-state index contributed by atoms with van der Waals surface area (Å²) in [6.45, 7) is 4.21. The highest BCUT2D eigenvalue weighted by atomic mass is 32.2. The third-order valence-corrected chi connectivity index (χ3v) is 6.75. The number of hydrogen-bond acceptors (Lipinski definition) is 6. The number of hydrogen-bond donors (Lipinski definition) is 1. The van der Waals surface area contributed by atoms with E-state index in [4.69, 9.17) is 14.5 Å². The number of aromatic nitrogens is 4. The topological polar surface area (TPSA) is 91.1 Å². The Hall–Kier alpha value is -3.46. The number of nitrogens with one attached hydrogen (secondary N) is 1. The largest absolute Gasteiger partial charge is 0.486 e. The molecule has 0 atom stereocenters. The van der Waals surface area contributed by atoms with Gasteiger partial charge in [-0.25, -0.2) is 9.78 Å². The molecule has 0 fully saturated rings. The molecule has 0 radical (unpaired) electrons. The third kappa shape index (κ3) is 4.48. The van der Waals surface area contributed by atoms with Crippen molar-refractivity contribution in [2.45, 2.75) is 43.5 Å². The van der Waals surface area contributed by atoms with E-state index in [2.05, 4.69) is 11.9 Å². The molecule has 3 heterocycles. The van der Waals surface area contributed by atoms with E-state index < -0.39 is 11.2 Å². The van der Waals surface area contributed by atoms with Crippen molar-refractivity contribution < 1.29 is 9.47 Å². The molecule has 0 bridgehead atoms. The van der Waals surface area contributed by atoms with Gasteiger partial charge in [-0.15, -0.1) is 11.8 Å². The zero-order valence-corrected chi connectivity index (χ0v) is 19.8. The first-order valence-corrected chi connectivity index (χ1v) is 12.4. The van der Waals surface area contributed by atoms with Crippen LogP contribution in [0.15, 0.2) is 63.0 Å². The lowest BCUT2D eigenvalue weighted by molar-refractivity contribution is 0.171. The second kappa shape index (κ2) is 9.80. The molecule has 1 N–H and O–H groups in total. The minimum atomic E-state index is -0.451. The van der Waals surface area contributed by atoms with E-state index in [9.17, 15) is 9.59 Å². The van der Waals surface area contributed by atoms with E-state index in [0.717, 1.165) is 40.6 Å². The van der Waals surface area contributed by atoms with Crippen molar-refractivity contribution in [2.75, 3.05) is 13.2 Å². The Morgan fingerprint density at radius 2 is 1.82 bits per heavy atom. The lowest BCUT2D eigenvalue weighted by Crippen LogP contribution is -2.31. The van der Waals surface area contributed by atoms with Gasteiger partial charge in [-0.05, 0) is 30.2 Å². The molecule has 4 aromatic rings. The van der Waals surface area contributed by atoms with E-state index in [1.165, 1.54) is 0 Å². The van der Waals surface area contributed by atoms with Crippen LogP contribution in [0.5, 0.6) is 11.5 Å². The highest BCUT2D eigenvalue weighted by Gasteiger charge is 2.19. The molecule has 34 heavy (non-hydrogen) atoms. The van der Waals surface area contributed by atoms with Crippen LogP contribution >= 0.6 is 11.8 Å². The highest BCUT2D eigenvalue weighted by molar-refractivity contribution is 7.98. The van der Waals surface area contributed by atoms with Crippen LogP contribution in [0.4, 0.5) is 0 Å². The molecule has 2 aromatic carbocycles. The minimum absolute atomic E-state index is 0.340. The van der Waals surface area contributed by atoms with Crippen LogP contribution in [0.25, 0.3) is 11.2 Å².